The Balaban J connectivity index is 1.64. The Morgan fingerprint density at radius 2 is 1.70 bits per heavy atom. The number of fused-ring (bicyclic) bond motifs is 2. The summed E-state index contributed by atoms with van der Waals surface area (Å²) in [5.74, 6) is 0.164. The van der Waals surface area contributed by atoms with Gasteiger partial charge in [-0.05, 0) is 67.9 Å². The number of phenolic OH excluding ortho intramolecular Hbond substituents is 1. The zero-order valence-corrected chi connectivity index (χ0v) is 19.0. The molecule has 2 aliphatic heterocycles. The quantitative estimate of drug-likeness (QED) is 0.392. The van der Waals surface area contributed by atoms with Gasteiger partial charge in [-0.2, -0.15) is 0 Å². The highest BCUT2D eigenvalue weighted by Gasteiger charge is 2.55. The number of rotatable bonds is 3. The minimum Gasteiger partial charge on any atom is -0.507 e. The molecule has 0 bridgehead atoms. The fourth-order valence-corrected chi connectivity index (χ4v) is 5.03. The predicted octanol–water partition coefficient (Wildman–Crippen LogP) is 5.99. The number of phenols is 1. The Labute approximate surface area is 191 Å². The highest BCUT2D eigenvalue weighted by molar-refractivity contribution is 6.58. The van der Waals surface area contributed by atoms with Crippen molar-refractivity contribution in [2.24, 2.45) is 4.99 Å². The normalized spacial score (nSPS) is 17.0. The number of allylic oxidation sites excluding steroid dienone is 2. The molecule has 166 valence electrons. The van der Waals surface area contributed by atoms with Gasteiger partial charge in [-0.15, -0.1) is 0 Å². The van der Waals surface area contributed by atoms with E-state index in [-0.39, 0.29) is 5.75 Å². The maximum Gasteiger partial charge on any atom is 0.737 e. The van der Waals surface area contributed by atoms with Crippen LogP contribution in [0.15, 0.2) is 76.9 Å². The lowest BCUT2D eigenvalue weighted by Gasteiger charge is -2.34. The monoisotopic (exact) mass is 443 g/mol. The smallest absolute Gasteiger partial charge is 0.507 e. The van der Waals surface area contributed by atoms with Crippen LogP contribution in [-0.4, -0.2) is 33.0 Å². The van der Waals surface area contributed by atoms with E-state index >= 15 is 8.63 Å². The molecule has 1 N–H and O–H groups in total. The molecule has 5 rings (SSSR count). The van der Waals surface area contributed by atoms with Crippen molar-refractivity contribution in [2.45, 2.75) is 27.7 Å². The first-order valence-corrected chi connectivity index (χ1v) is 10.9. The average molecular weight is 443 g/mol. The molecular weight excluding hydrogens is 419 g/mol. The molecule has 4 nitrogen and oxygen atoms in total. The number of aromatic hydroxyl groups is 1. The molecule has 33 heavy (non-hydrogen) atoms. The van der Waals surface area contributed by atoms with Crippen LogP contribution >= 0.6 is 0 Å². The minimum absolute atomic E-state index is 0.164. The number of aryl methyl sites for hydroxylation is 2. The van der Waals surface area contributed by atoms with Crippen LogP contribution in [0.5, 0.6) is 5.75 Å². The molecule has 0 spiro atoms. The Bertz CT molecular complexity index is 1430. The summed E-state index contributed by atoms with van der Waals surface area (Å²) in [6, 6.07) is 16.4. The molecular formula is C26H24BF2N3O. The van der Waals surface area contributed by atoms with Gasteiger partial charge in [0, 0.05) is 36.0 Å². The van der Waals surface area contributed by atoms with Crippen molar-refractivity contribution in [3.63, 3.8) is 0 Å². The average Bonchev–Trinajstić information content (AvgIpc) is 3.24. The van der Waals surface area contributed by atoms with E-state index in [1.54, 1.807) is 38.3 Å². The summed E-state index contributed by atoms with van der Waals surface area (Å²) in [7, 11) is 0. The fourth-order valence-electron chi connectivity index (χ4n) is 5.03. The van der Waals surface area contributed by atoms with E-state index in [0.29, 0.717) is 34.0 Å². The lowest BCUT2D eigenvalue weighted by molar-refractivity contribution is -0.363. The number of nitrogens with zero attached hydrogens (tertiary/aromatic N) is 3. The first-order chi connectivity index (χ1) is 15.7. The summed E-state index contributed by atoms with van der Waals surface area (Å²) in [6.45, 7) is 3.26. The van der Waals surface area contributed by atoms with Crippen molar-refractivity contribution >= 4 is 30.2 Å². The van der Waals surface area contributed by atoms with Gasteiger partial charge in [0.25, 0.3) is 0 Å². The van der Waals surface area contributed by atoms with Crippen LogP contribution < -0.4 is 0 Å². The number of hydrogen-bond acceptors (Lipinski definition) is 2. The van der Waals surface area contributed by atoms with Crippen LogP contribution in [0.1, 0.15) is 41.9 Å². The molecule has 2 aromatic carbocycles. The Morgan fingerprint density at radius 1 is 1.00 bits per heavy atom. The van der Waals surface area contributed by atoms with Gasteiger partial charge in [0.1, 0.15) is 11.5 Å². The van der Waals surface area contributed by atoms with Gasteiger partial charge < -0.3 is 22.7 Å². The molecule has 0 saturated carbocycles. The second-order valence-electron chi connectivity index (χ2n) is 8.70. The molecule has 0 saturated heterocycles. The zero-order valence-electron chi connectivity index (χ0n) is 19.0. The van der Waals surface area contributed by atoms with Gasteiger partial charge in [0.2, 0.25) is 0 Å². The van der Waals surface area contributed by atoms with Crippen molar-refractivity contribution in [1.82, 2.24) is 4.48 Å². The molecule has 1 aromatic heterocycles. The number of aromatic nitrogens is 1. The summed E-state index contributed by atoms with van der Waals surface area (Å²) >= 11 is 0. The number of hydrogen-bond donors (Lipinski definition) is 1. The second-order valence-corrected chi connectivity index (χ2v) is 8.70. The topological polar surface area (TPSA) is 40.5 Å². The van der Waals surface area contributed by atoms with Crippen molar-refractivity contribution in [2.75, 3.05) is 0 Å². The second kappa shape index (κ2) is 7.41. The number of aliphatic imine (C=N–C) groups is 1. The molecule has 0 atom stereocenters. The van der Waals surface area contributed by atoms with E-state index in [0.717, 1.165) is 22.3 Å². The Morgan fingerprint density at radius 3 is 2.39 bits per heavy atom. The van der Waals surface area contributed by atoms with Gasteiger partial charge in [-0.1, -0.05) is 24.3 Å². The van der Waals surface area contributed by atoms with Crippen LogP contribution in [0.3, 0.4) is 0 Å². The summed E-state index contributed by atoms with van der Waals surface area (Å²) in [5.41, 5.74) is 6.87. The van der Waals surface area contributed by atoms with Crippen LogP contribution in [0.25, 0.3) is 5.57 Å². The van der Waals surface area contributed by atoms with Crippen LogP contribution in [0.4, 0.5) is 14.3 Å². The fraction of sp³-hybridized carbons (Fsp3) is 0.154. The summed E-state index contributed by atoms with van der Waals surface area (Å²) in [4.78, 5) is 4.46. The third-order valence-electron chi connectivity index (χ3n) is 6.38. The summed E-state index contributed by atoms with van der Waals surface area (Å²) < 4.78 is 33.8. The lowest BCUT2D eigenvalue weighted by Crippen LogP contribution is -2.51. The first-order valence-electron chi connectivity index (χ1n) is 10.9. The van der Waals surface area contributed by atoms with E-state index in [1.807, 2.05) is 56.3 Å². The standard InChI is InChI=1S/C26H24BF2N3O/c1-16-13-18(3)31-25(16)24(26-17(2)14-19(4)32(26)27(31,28)29)20-9-11-22(12-10-20)30-15-21-7-5-6-8-23(21)33/h5-15,33H,1-4H3. The number of benzene rings is 2. The maximum atomic E-state index is 15.7. The Hall–Kier alpha value is -3.74. The van der Waals surface area contributed by atoms with Crippen LogP contribution in [-0.2, 0) is 0 Å². The van der Waals surface area contributed by atoms with Crippen LogP contribution in [0, 0.1) is 13.8 Å². The molecule has 3 aromatic rings. The van der Waals surface area contributed by atoms with Gasteiger partial charge in [-0.25, -0.2) is 0 Å². The van der Waals surface area contributed by atoms with E-state index in [2.05, 4.69) is 4.99 Å². The molecule has 7 heteroatoms. The predicted molar refractivity (Wildman–Crippen MR) is 130 cm³/mol. The van der Waals surface area contributed by atoms with Gasteiger partial charge in [0.05, 0.1) is 11.3 Å². The summed E-state index contributed by atoms with van der Waals surface area (Å²) in [5, 5.41) is 9.93. The van der Waals surface area contributed by atoms with Crippen molar-refractivity contribution in [3.05, 3.63) is 100 Å². The van der Waals surface area contributed by atoms with Crippen molar-refractivity contribution in [3.8, 4) is 5.75 Å². The largest absolute Gasteiger partial charge is 0.737 e. The van der Waals surface area contributed by atoms with Crippen LogP contribution in [0.2, 0.25) is 0 Å². The Kier molecular flexibility index (Phi) is 4.74. The van der Waals surface area contributed by atoms with Crippen molar-refractivity contribution < 1.29 is 18.2 Å². The molecule has 2 aliphatic rings. The van der Waals surface area contributed by atoms with E-state index < -0.39 is 6.97 Å². The van der Waals surface area contributed by atoms with Crippen molar-refractivity contribution in [1.29, 1.82) is 0 Å². The summed E-state index contributed by atoms with van der Waals surface area (Å²) in [6.07, 6.45) is 3.44. The SMILES string of the molecule is CC1=CC(C)=[N+]2C1=C(c1ccc(N=Cc3ccccc3O)cc1)c1c(C)cc(C)n1[B-]2(F)F. The zero-order chi connectivity index (χ0) is 23.5. The highest BCUT2D eigenvalue weighted by Crippen LogP contribution is 2.44. The molecule has 0 amide bonds. The van der Waals surface area contributed by atoms with E-state index in [9.17, 15) is 5.11 Å². The number of halogens is 2. The molecule has 0 radical (unpaired) electrons. The van der Waals surface area contributed by atoms with E-state index in [4.69, 9.17) is 0 Å². The van der Waals surface area contributed by atoms with E-state index in [1.165, 1.54) is 8.96 Å². The third kappa shape index (κ3) is 3.18. The third-order valence-corrected chi connectivity index (χ3v) is 6.38. The lowest BCUT2D eigenvalue weighted by atomic mass is 9.84. The first kappa shape index (κ1) is 21.1. The molecule has 0 aliphatic carbocycles. The van der Waals surface area contributed by atoms with Gasteiger partial charge in [-0.3, -0.25) is 4.99 Å². The molecule has 0 unspecified atom stereocenters. The van der Waals surface area contributed by atoms with Gasteiger partial charge in [0.15, 0.2) is 5.70 Å². The number of para-hydroxylation sites is 1. The molecule has 0 fully saturated rings. The minimum atomic E-state index is -3.98. The van der Waals surface area contributed by atoms with Gasteiger partial charge >= 0.3 is 6.97 Å². The molecule has 3 heterocycles. The maximum absolute atomic E-state index is 15.7. The highest BCUT2D eigenvalue weighted by atomic mass is 19.2.